The molecule has 1 aromatic rings. The highest BCUT2D eigenvalue weighted by atomic mass is 15.4. The van der Waals surface area contributed by atoms with Gasteiger partial charge in [0.2, 0.25) is 0 Å². The summed E-state index contributed by atoms with van der Waals surface area (Å²) in [7, 11) is 1.93. The molecule has 0 saturated heterocycles. The Kier molecular flexibility index (Phi) is 7.78. The summed E-state index contributed by atoms with van der Waals surface area (Å²) in [6.07, 6.45) is 2.99. The van der Waals surface area contributed by atoms with Crippen LogP contribution in [0.5, 0.6) is 0 Å². The quantitative estimate of drug-likeness (QED) is 0.557. The molecule has 17 heavy (non-hydrogen) atoms. The van der Waals surface area contributed by atoms with Gasteiger partial charge in [-0.3, -0.25) is 5.01 Å². The summed E-state index contributed by atoms with van der Waals surface area (Å²) in [5.41, 5.74) is 3.24. The molecular formula is C15H24N2. The Morgan fingerprint density at radius 2 is 2.00 bits per heavy atom. The highest BCUT2D eigenvalue weighted by molar-refractivity contribution is 5.92. The van der Waals surface area contributed by atoms with Crippen LogP contribution in [0.15, 0.2) is 42.0 Å². The second-order valence-corrected chi connectivity index (χ2v) is 4.02. The van der Waals surface area contributed by atoms with E-state index in [-0.39, 0.29) is 0 Å². The molecular weight excluding hydrogens is 208 g/mol. The van der Waals surface area contributed by atoms with Crippen LogP contribution in [0.25, 0.3) is 0 Å². The molecule has 0 amide bonds. The van der Waals surface area contributed by atoms with E-state index in [4.69, 9.17) is 0 Å². The average Bonchev–Trinajstić information content (AvgIpc) is 2.30. The van der Waals surface area contributed by atoms with Crippen molar-refractivity contribution in [2.24, 2.45) is 5.10 Å². The van der Waals surface area contributed by atoms with Crippen molar-refractivity contribution in [2.45, 2.75) is 34.1 Å². The molecule has 0 N–H and O–H groups in total. The van der Waals surface area contributed by atoms with Gasteiger partial charge in [0.05, 0.1) is 11.4 Å². The zero-order valence-electron chi connectivity index (χ0n) is 11.7. The monoisotopic (exact) mass is 232 g/mol. The predicted octanol–water partition coefficient (Wildman–Crippen LogP) is 4.41. The van der Waals surface area contributed by atoms with Crippen LogP contribution in [0.4, 0.5) is 5.69 Å². The Morgan fingerprint density at radius 1 is 1.41 bits per heavy atom. The van der Waals surface area contributed by atoms with Crippen LogP contribution in [-0.4, -0.2) is 12.8 Å². The van der Waals surface area contributed by atoms with Crippen LogP contribution in [0.2, 0.25) is 0 Å². The van der Waals surface area contributed by atoms with Crippen LogP contribution in [0, 0.1) is 6.92 Å². The minimum Gasteiger partial charge on any atom is -0.268 e. The number of hydrogen-bond acceptors (Lipinski definition) is 2. The van der Waals surface area contributed by atoms with E-state index in [0.717, 1.165) is 11.4 Å². The molecule has 1 rings (SSSR count). The summed E-state index contributed by atoms with van der Waals surface area (Å²) in [6, 6.07) is 8.23. The Balaban J connectivity index is 0.000000770. The molecule has 0 fully saturated rings. The smallest absolute Gasteiger partial charge is 0.0593 e. The van der Waals surface area contributed by atoms with E-state index in [1.54, 1.807) is 6.08 Å². The fourth-order valence-electron chi connectivity index (χ4n) is 1.16. The van der Waals surface area contributed by atoms with Crippen molar-refractivity contribution in [3.63, 3.8) is 0 Å². The lowest BCUT2D eigenvalue weighted by molar-refractivity contribution is 1.01. The van der Waals surface area contributed by atoms with Gasteiger partial charge in [-0.25, -0.2) is 0 Å². The number of nitrogens with zero attached hydrogens (tertiary/aromatic N) is 2. The zero-order chi connectivity index (χ0) is 13.3. The Hall–Kier alpha value is -1.57. The summed E-state index contributed by atoms with van der Waals surface area (Å²) in [4.78, 5) is 0. The number of benzene rings is 1. The topological polar surface area (TPSA) is 15.6 Å². The zero-order valence-corrected chi connectivity index (χ0v) is 11.7. The van der Waals surface area contributed by atoms with Crippen LogP contribution in [-0.2, 0) is 0 Å². The fraction of sp³-hybridized carbons (Fsp3) is 0.400. The van der Waals surface area contributed by atoms with Gasteiger partial charge in [-0.15, -0.1) is 0 Å². The maximum Gasteiger partial charge on any atom is 0.0593 e. The molecule has 0 radical (unpaired) electrons. The number of rotatable bonds is 3. The van der Waals surface area contributed by atoms with Gasteiger partial charge in [-0.05, 0) is 37.6 Å². The van der Waals surface area contributed by atoms with Crippen LogP contribution >= 0.6 is 0 Å². The molecule has 0 heterocycles. The van der Waals surface area contributed by atoms with Gasteiger partial charge < -0.3 is 0 Å². The Labute approximate surface area is 106 Å². The standard InChI is InChI=1S/C12H16N2.C3H8/c1-5-11(3)13-14(4)12-8-6-7-10(2)9-12;1-3-2/h5-9H,1H2,2-4H3;3H2,1-2H3/b13-11-;. The summed E-state index contributed by atoms with van der Waals surface area (Å²) in [5.74, 6) is 0. The number of hydrazone groups is 1. The van der Waals surface area contributed by atoms with Gasteiger partial charge in [0.25, 0.3) is 0 Å². The molecule has 0 bridgehead atoms. The second-order valence-electron chi connectivity index (χ2n) is 4.02. The number of aryl methyl sites for hydroxylation is 1. The molecule has 0 aromatic heterocycles. The summed E-state index contributed by atoms with van der Waals surface area (Å²) in [5, 5.41) is 6.19. The van der Waals surface area contributed by atoms with E-state index in [2.05, 4.69) is 44.6 Å². The number of allylic oxidation sites excluding steroid dienone is 1. The fourth-order valence-corrected chi connectivity index (χ4v) is 1.16. The molecule has 0 aliphatic heterocycles. The van der Waals surface area contributed by atoms with Crippen molar-refractivity contribution in [2.75, 3.05) is 12.1 Å². The van der Waals surface area contributed by atoms with Crippen molar-refractivity contribution in [1.82, 2.24) is 0 Å². The Morgan fingerprint density at radius 3 is 2.47 bits per heavy atom. The van der Waals surface area contributed by atoms with Crippen molar-refractivity contribution in [1.29, 1.82) is 0 Å². The van der Waals surface area contributed by atoms with Crippen LogP contribution in [0.1, 0.15) is 32.8 Å². The van der Waals surface area contributed by atoms with Gasteiger partial charge in [-0.2, -0.15) is 5.10 Å². The minimum absolute atomic E-state index is 0.911. The maximum atomic E-state index is 4.34. The molecule has 1 aromatic carbocycles. The predicted molar refractivity (Wildman–Crippen MR) is 78.9 cm³/mol. The summed E-state index contributed by atoms with van der Waals surface area (Å²) >= 11 is 0. The molecule has 94 valence electrons. The third-order valence-corrected chi connectivity index (χ3v) is 1.98. The van der Waals surface area contributed by atoms with Gasteiger partial charge >= 0.3 is 0 Å². The third-order valence-electron chi connectivity index (χ3n) is 1.98. The molecule has 0 unspecified atom stereocenters. The molecule has 0 atom stereocenters. The van der Waals surface area contributed by atoms with E-state index in [1.165, 1.54) is 12.0 Å². The first kappa shape index (κ1) is 15.4. The van der Waals surface area contributed by atoms with E-state index < -0.39 is 0 Å². The van der Waals surface area contributed by atoms with E-state index >= 15 is 0 Å². The normalized spacial score (nSPS) is 10.3. The molecule has 0 aliphatic rings. The Bertz CT molecular complexity index is 367. The van der Waals surface area contributed by atoms with Crippen molar-refractivity contribution in [3.8, 4) is 0 Å². The van der Waals surface area contributed by atoms with Gasteiger partial charge in [0, 0.05) is 7.05 Å². The van der Waals surface area contributed by atoms with Crippen molar-refractivity contribution < 1.29 is 0 Å². The first-order chi connectivity index (χ1) is 8.04. The van der Waals surface area contributed by atoms with Gasteiger partial charge in [0.15, 0.2) is 0 Å². The van der Waals surface area contributed by atoms with Crippen molar-refractivity contribution in [3.05, 3.63) is 42.5 Å². The molecule has 2 heteroatoms. The van der Waals surface area contributed by atoms with Gasteiger partial charge in [0.1, 0.15) is 0 Å². The average molecular weight is 232 g/mol. The van der Waals surface area contributed by atoms with E-state index in [9.17, 15) is 0 Å². The minimum atomic E-state index is 0.911. The summed E-state index contributed by atoms with van der Waals surface area (Å²) < 4.78 is 0. The number of anilines is 1. The molecule has 0 saturated carbocycles. The second kappa shape index (κ2) is 8.57. The van der Waals surface area contributed by atoms with Crippen molar-refractivity contribution >= 4 is 11.4 Å². The largest absolute Gasteiger partial charge is 0.268 e. The molecule has 0 spiro atoms. The highest BCUT2D eigenvalue weighted by Crippen LogP contribution is 2.14. The lowest BCUT2D eigenvalue weighted by Gasteiger charge is -2.14. The molecule has 2 nitrogen and oxygen atoms in total. The lowest BCUT2D eigenvalue weighted by atomic mass is 10.2. The SMILES string of the molecule is C=C/C(C)=N\N(C)c1cccc(C)c1.CCC. The van der Waals surface area contributed by atoms with Gasteiger partial charge in [-0.1, -0.05) is 39.0 Å². The lowest BCUT2D eigenvalue weighted by Crippen LogP contribution is -2.10. The first-order valence-corrected chi connectivity index (χ1v) is 6.03. The third kappa shape index (κ3) is 6.56. The maximum absolute atomic E-state index is 4.34. The highest BCUT2D eigenvalue weighted by Gasteiger charge is 1.97. The van der Waals surface area contributed by atoms with E-state index in [1.807, 2.05) is 31.1 Å². The van der Waals surface area contributed by atoms with E-state index in [0.29, 0.717) is 0 Å². The summed E-state index contributed by atoms with van der Waals surface area (Å²) in [6.45, 7) is 11.9. The molecule has 0 aliphatic carbocycles. The first-order valence-electron chi connectivity index (χ1n) is 6.03. The number of hydrogen-bond donors (Lipinski definition) is 0. The van der Waals surface area contributed by atoms with Crippen LogP contribution < -0.4 is 5.01 Å². The van der Waals surface area contributed by atoms with Crippen LogP contribution in [0.3, 0.4) is 0 Å².